The van der Waals surface area contributed by atoms with Crippen LogP contribution in [0.1, 0.15) is 6.92 Å². The molecule has 10 nitrogen and oxygen atoms in total. The molecule has 1 unspecified atom stereocenters. The molecule has 0 aliphatic heterocycles. The average Bonchev–Trinajstić information content (AvgIpc) is 2.35. The highest BCUT2D eigenvalue weighted by molar-refractivity contribution is 5.95. The fourth-order valence-corrected chi connectivity index (χ4v) is 0.329. The van der Waals surface area contributed by atoms with Crippen LogP contribution in [0.5, 0.6) is 0 Å². The van der Waals surface area contributed by atoms with Crippen LogP contribution in [0.3, 0.4) is 0 Å². The lowest BCUT2D eigenvalue weighted by Gasteiger charge is -1.90. The van der Waals surface area contributed by atoms with Gasteiger partial charge in [-0.1, -0.05) is 0 Å². The van der Waals surface area contributed by atoms with Crippen molar-refractivity contribution in [2.45, 2.75) is 13.0 Å². The Bertz CT molecular complexity index is 338. The molecule has 120 valence electrons. The maximum atomic E-state index is 9.83. The number of rotatable bonds is 5. The van der Waals surface area contributed by atoms with Crippen LogP contribution in [-0.2, 0) is 19.2 Å². The molecule has 0 aliphatic rings. The molecule has 0 aromatic heterocycles. The summed E-state index contributed by atoms with van der Waals surface area (Å²) in [5, 5.41) is 16.0. The Morgan fingerprint density at radius 2 is 0.952 bits per heavy atom. The molecular weight excluding hydrogens is 284 g/mol. The smallest absolute Gasteiger partial charge is 0.241 e. The minimum absolute atomic E-state index is 0.139. The summed E-state index contributed by atoms with van der Waals surface area (Å²) >= 11 is 0. The van der Waals surface area contributed by atoms with Crippen molar-refractivity contribution < 1.29 is 29.4 Å². The number of amides is 4. The van der Waals surface area contributed by atoms with Gasteiger partial charge in [-0.15, -0.1) is 0 Å². The Kier molecular flexibility index (Phi) is 17.1. The number of primary amides is 4. The lowest BCUT2D eigenvalue weighted by molar-refractivity contribution is -0.115. The maximum Gasteiger partial charge on any atom is 0.241 e. The summed E-state index contributed by atoms with van der Waals surface area (Å²) in [6.45, 7) is 1.39. The molecule has 0 aromatic carbocycles. The Hall–Kier alpha value is -2.72. The van der Waals surface area contributed by atoms with Crippen molar-refractivity contribution in [2.75, 3.05) is 6.61 Å². The second kappa shape index (κ2) is 15.3. The molecular formula is C11H20N4O6. The number of aliphatic hydroxyl groups excluding tert-OH is 2. The van der Waals surface area contributed by atoms with Crippen molar-refractivity contribution in [3.05, 3.63) is 24.3 Å². The summed E-state index contributed by atoms with van der Waals surface area (Å²) in [6.07, 6.45) is 3.06. The van der Waals surface area contributed by atoms with Gasteiger partial charge in [-0.25, -0.2) is 0 Å². The van der Waals surface area contributed by atoms with Crippen molar-refractivity contribution in [3.63, 3.8) is 0 Å². The largest absolute Gasteiger partial charge is 0.394 e. The normalized spacial score (nSPS) is 10.8. The van der Waals surface area contributed by atoms with Gasteiger partial charge in [-0.05, 0) is 6.92 Å². The van der Waals surface area contributed by atoms with E-state index in [4.69, 9.17) is 10.2 Å². The van der Waals surface area contributed by atoms with Crippen LogP contribution < -0.4 is 22.9 Å². The monoisotopic (exact) mass is 304 g/mol. The number of aliphatic hydroxyl groups is 2. The van der Waals surface area contributed by atoms with E-state index in [0.717, 1.165) is 24.3 Å². The lowest BCUT2D eigenvalue weighted by Crippen LogP contribution is -2.10. The molecule has 10 heteroatoms. The summed E-state index contributed by atoms with van der Waals surface area (Å²) in [5.74, 6) is -2.71. The third kappa shape index (κ3) is 46.8. The molecule has 4 amide bonds. The van der Waals surface area contributed by atoms with Crippen molar-refractivity contribution in [3.8, 4) is 0 Å². The van der Waals surface area contributed by atoms with Crippen LogP contribution in [0.4, 0.5) is 0 Å². The van der Waals surface area contributed by atoms with Crippen molar-refractivity contribution in [1.82, 2.24) is 0 Å². The van der Waals surface area contributed by atoms with Crippen LogP contribution in [-0.4, -0.2) is 46.6 Å². The van der Waals surface area contributed by atoms with E-state index >= 15 is 0 Å². The Morgan fingerprint density at radius 1 is 0.810 bits per heavy atom. The molecule has 0 aliphatic carbocycles. The molecule has 0 saturated heterocycles. The van der Waals surface area contributed by atoms with Crippen molar-refractivity contribution >= 4 is 23.6 Å². The topological polar surface area (TPSA) is 213 Å². The van der Waals surface area contributed by atoms with Crippen LogP contribution in [0.15, 0.2) is 24.3 Å². The minimum Gasteiger partial charge on any atom is -0.394 e. The van der Waals surface area contributed by atoms with Gasteiger partial charge in [0.2, 0.25) is 23.6 Å². The maximum absolute atomic E-state index is 9.83. The zero-order chi connectivity index (χ0) is 17.4. The zero-order valence-electron chi connectivity index (χ0n) is 11.4. The van der Waals surface area contributed by atoms with E-state index in [1.165, 1.54) is 6.92 Å². The van der Waals surface area contributed by atoms with E-state index in [2.05, 4.69) is 22.9 Å². The summed E-state index contributed by atoms with van der Waals surface area (Å²) in [6, 6.07) is 0. The number of nitrogens with two attached hydrogens (primary N) is 4. The van der Waals surface area contributed by atoms with Crippen molar-refractivity contribution in [1.29, 1.82) is 0 Å². The summed E-state index contributed by atoms with van der Waals surface area (Å²) in [4.78, 5) is 39.3. The zero-order valence-corrected chi connectivity index (χ0v) is 11.4. The first-order valence-corrected chi connectivity index (χ1v) is 5.35. The quantitative estimate of drug-likeness (QED) is 0.282. The predicted molar refractivity (Wildman–Crippen MR) is 73.8 cm³/mol. The van der Waals surface area contributed by atoms with Gasteiger partial charge in [0.1, 0.15) is 0 Å². The molecule has 0 fully saturated rings. The number of carbonyl (C=O) groups is 4. The van der Waals surface area contributed by atoms with E-state index < -0.39 is 29.7 Å². The van der Waals surface area contributed by atoms with Gasteiger partial charge < -0.3 is 33.1 Å². The van der Waals surface area contributed by atoms with Gasteiger partial charge >= 0.3 is 0 Å². The van der Waals surface area contributed by atoms with Crippen LogP contribution >= 0.6 is 0 Å². The Balaban J connectivity index is -0.000000239. The van der Waals surface area contributed by atoms with E-state index in [-0.39, 0.29) is 6.61 Å². The average molecular weight is 304 g/mol. The third-order valence-corrected chi connectivity index (χ3v) is 1.09. The van der Waals surface area contributed by atoms with Gasteiger partial charge in [-0.2, -0.15) is 0 Å². The second-order valence-electron chi connectivity index (χ2n) is 3.31. The molecule has 0 radical (unpaired) electrons. The molecule has 21 heavy (non-hydrogen) atoms. The van der Waals surface area contributed by atoms with Gasteiger partial charge in [0, 0.05) is 24.3 Å². The molecule has 1 atom stereocenters. The Morgan fingerprint density at radius 3 is 1.00 bits per heavy atom. The summed E-state index contributed by atoms with van der Waals surface area (Å²) in [7, 11) is 0. The van der Waals surface area contributed by atoms with E-state index in [9.17, 15) is 19.2 Å². The second-order valence-corrected chi connectivity index (χ2v) is 3.31. The first-order chi connectivity index (χ1) is 9.52. The highest BCUT2D eigenvalue weighted by Crippen LogP contribution is 1.68. The van der Waals surface area contributed by atoms with Gasteiger partial charge in [0.25, 0.3) is 0 Å². The molecule has 0 saturated carbocycles. The van der Waals surface area contributed by atoms with Crippen molar-refractivity contribution in [2.24, 2.45) is 22.9 Å². The first-order valence-electron chi connectivity index (χ1n) is 5.35. The lowest BCUT2D eigenvalue weighted by atomic mass is 10.5. The van der Waals surface area contributed by atoms with Gasteiger partial charge in [0.05, 0.1) is 12.7 Å². The third-order valence-electron chi connectivity index (χ3n) is 1.09. The molecule has 0 spiro atoms. The SMILES string of the molecule is CC(O)CO.NC(=O)/C=C\C(N)=O.NC(=O)/C=C\C(N)=O. The highest BCUT2D eigenvalue weighted by atomic mass is 16.3. The Labute approximate surface area is 121 Å². The summed E-state index contributed by atoms with van der Waals surface area (Å²) < 4.78 is 0. The molecule has 0 rings (SSSR count). The number of hydrogen-bond donors (Lipinski definition) is 6. The summed E-state index contributed by atoms with van der Waals surface area (Å²) in [5.41, 5.74) is 18.4. The number of carbonyl (C=O) groups excluding carboxylic acids is 4. The van der Waals surface area contributed by atoms with E-state index in [1.807, 2.05) is 0 Å². The highest BCUT2D eigenvalue weighted by Gasteiger charge is 1.84. The standard InChI is InChI=1S/2C4H6N2O2.C3H8O2/c2*5-3(7)1-2-4(6)8;1-3(5)2-4/h2*1-2H,(H2,5,7)(H2,6,8);3-5H,2H2,1H3/b2*2-1-;. The fourth-order valence-electron chi connectivity index (χ4n) is 0.329. The minimum atomic E-state index is -0.677. The van der Waals surface area contributed by atoms with E-state index in [1.54, 1.807) is 0 Å². The first kappa shape index (κ1) is 23.4. The van der Waals surface area contributed by atoms with Gasteiger partial charge in [0.15, 0.2) is 0 Å². The fraction of sp³-hybridized carbons (Fsp3) is 0.273. The van der Waals surface area contributed by atoms with Crippen LogP contribution in [0, 0.1) is 0 Å². The van der Waals surface area contributed by atoms with Crippen LogP contribution in [0.25, 0.3) is 0 Å². The molecule has 0 bridgehead atoms. The molecule has 0 heterocycles. The van der Waals surface area contributed by atoms with E-state index in [0.29, 0.717) is 0 Å². The number of hydrogen-bond acceptors (Lipinski definition) is 6. The predicted octanol–water partition coefficient (Wildman–Crippen LogP) is -3.61. The van der Waals surface area contributed by atoms with Crippen LogP contribution in [0.2, 0.25) is 0 Å². The molecule has 10 N–H and O–H groups in total. The molecule has 0 aromatic rings. The van der Waals surface area contributed by atoms with Gasteiger partial charge in [-0.3, -0.25) is 19.2 Å².